The van der Waals surface area contributed by atoms with Crippen molar-refractivity contribution in [3.05, 3.63) is 71.9 Å². The van der Waals surface area contributed by atoms with Crippen LogP contribution in [0.2, 0.25) is 0 Å². The summed E-state index contributed by atoms with van der Waals surface area (Å²) in [6.07, 6.45) is 4.17. The summed E-state index contributed by atoms with van der Waals surface area (Å²) < 4.78 is 14.8. The number of carbonyl (C=O) groups is 2. The third-order valence-corrected chi connectivity index (χ3v) is 4.82. The molecule has 0 radical (unpaired) electrons. The Balaban J connectivity index is 1.62. The van der Waals surface area contributed by atoms with Crippen molar-refractivity contribution in [1.82, 2.24) is 19.7 Å². The number of hydrogen-bond acceptors (Lipinski definition) is 5. The van der Waals surface area contributed by atoms with Gasteiger partial charge in [-0.1, -0.05) is 12.1 Å². The lowest BCUT2D eigenvalue weighted by molar-refractivity contribution is 0.0667. The molecule has 8 heteroatoms. The first kappa shape index (κ1) is 17.8. The Morgan fingerprint density at radius 3 is 2.79 bits per heavy atom. The minimum atomic E-state index is -0.623. The van der Waals surface area contributed by atoms with Crippen LogP contribution in [0.4, 0.5) is 10.2 Å². The second kappa shape index (κ2) is 7.22. The van der Waals surface area contributed by atoms with Gasteiger partial charge in [0.05, 0.1) is 23.5 Å². The number of pyridine rings is 1. The average molecular weight is 379 g/mol. The van der Waals surface area contributed by atoms with Crippen LogP contribution in [-0.4, -0.2) is 43.9 Å². The highest BCUT2D eigenvalue weighted by Crippen LogP contribution is 2.26. The SMILES string of the molecule is Nc1c(C(=O)[C@H]2CCCN2C(=O)c2ccccn2)cnn1-c1cccc(F)c1. The molecule has 3 aromatic rings. The Morgan fingerprint density at radius 2 is 2.04 bits per heavy atom. The number of halogens is 1. The predicted molar refractivity (Wildman–Crippen MR) is 101 cm³/mol. The van der Waals surface area contributed by atoms with Gasteiger partial charge in [-0.05, 0) is 43.2 Å². The zero-order chi connectivity index (χ0) is 19.7. The first-order valence-corrected chi connectivity index (χ1v) is 8.92. The lowest BCUT2D eigenvalue weighted by atomic mass is 10.0. The Kier molecular flexibility index (Phi) is 4.60. The van der Waals surface area contributed by atoms with Gasteiger partial charge in [-0.3, -0.25) is 14.6 Å². The van der Waals surface area contributed by atoms with E-state index in [9.17, 15) is 14.0 Å². The molecule has 1 aromatic carbocycles. The van der Waals surface area contributed by atoms with E-state index in [1.54, 1.807) is 30.5 Å². The zero-order valence-electron chi connectivity index (χ0n) is 15.0. The van der Waals surface area contributed by atoms with Gasteiger partial charge in [-0.25, -0.2) is 9.07 Å². The third-order valence-electron chi connectivity index (χ3n) is 4.82. The highest BCUT2D eigenvalue weighted by molar-refractivity contribution is 6.06. The molecule has 0 aliphatic carbocycles. The standard InChI is InChI=1S/C20H18FN5O2/c21-13-5-3-6-14(11-13)26-19(22)15(12-24-26)18(27)17-8-4-10-25(17)20(28)16-7-1-2-9-23-16/h1-3,5-7,9,11-12,17H,4,8,10,22H2/t17-/m1/s1. The van der Waals surface area contributed by atoms with Crippen molar-refractivity contribution in [2.75, 3.05) is 12.3 Å². The molecule has 0 spiro atoms. The van der Waals surface area contributed by atoms with Crippen LogP contribution in [0.5, 0.6) is 0 Å². The van der Waals surface area contributed by atoms with Crippen LogP contribution in [0.15, 0.2) is 54.9 Å². The van der Waals surface area contributed by atoms with Gasteiger partial charge in [0, 0.05) is 12.7 Å². The smallest absolute Gasteiger partial charge is 0.273 e. The number of amides is 1. The van der Waals surface area contributed by atoms with Gasteiger partial charge in [0.15, 0.2) is 5.78 Å². The number of nitrogen functional groups attached to an aromatic ring is 1. The Hall–Kier alpha value is -3.55. The number of likely N-dealkylation sites (tertiary alicyclic amines) is 1. The number of nitrogens with two attached hydrogens (primary N) is 1. The summed E-state index contributed by atoms with van der Waals surface area (Å²) in [6.45, 7) is 0.476. The number of nitrogens with zero attached hydrogens (tertiary/aromatic N) is 4. The molecular formula is C20H18FN5O2. The largest absolute Gasteiger partial charge is 0.383 e. The van der Waals surface area contributed by atoms with Crippen molar-refractivity contribution in [3.63, 3.8) is 0 Å². The van der Waals surface area contributed by atoms with Crippen molar-refractivity contribution < 1.29 is 14.0 Å². The summed E-state index contributed by atoms with van der Waals surface area (Å²) in [5, 5.41) is 4.14. The third kappa shape index (κ3) is 3.13. The number of rotatable bonds is 4. The lowest BCUT2D eigenvalue weighted by Gasteiger charge is -2.23. The maximum absolute atomic E-state index is 13.5. The zero-order valence-corrected chi connectivity index (χ0v) is 15.0. The lowest BCUT2D eigenvalue weighted by Crippen LogP contribution is -2.41. The van der Waals surface area contributed by atoms with Crippen LogP contribution in [0, 0.1) is 5.82 Å². The number of carbonyl (C=O) groups excluding carboxylic acids is 2. The fourth-order valence-electron chi connectivity index (χ4n) is 3.46. The molecule has 1 aliphatic heterocycles. The van der Waals surface area contributed by atoms with Crippen molar-refractivity contribution in [2.24, 2.45) is 0 Å². The molecule has 1 amide bonds. The highest BCUT2D eigenvalue weighted by atomic mass is 19.1. The molecule has 0 unspecified atom stereocenters. The maximum Gasteiger partial charge on any atom is 0.273 e. The fourth-order valence-corrected chi connectivity index (χ4v) is 3.46. The van der Waals surface area contributed by atoms with E-state index >= 15 is 0 Å². The summed E-state index contributed by atoms with van der Waals surface area (Å²) >= 11 is 0. The van der Waals surface area contributed by atoms with Crippen molar-refractivity contribution in [3.8, 4) is 5.69 Å². The summed E-state index contributed by atoms with van der Waals surface area (Å²) in [6, 6.07) is 10.2. The van der Waals surface area contributed by atoms with Crippen LogP contribution >= 0.6 is 0 Å². The predicted octanol–water partition coefficient (Wildman–Crippen LogP) is 2.48. The van der Waals surface area contributed by atoms with Gasteiger partial charge >= 0.3 is 0 Å². The molecule has 4 rings (SSSR count). The van der Waals surface area contributed by atoms with Crippen molar-refractivity contribution >= 4 is 17.5 Å². The maximum atomic E-state index is 13.5. The van der Waals surface area contributed by atoms with Crippen LogP contribution in [0.3, 0.4) is 0 Å². The van der Waals surface area contributed by atoms with E-state index in [1.165, 1.54) is 34.0 Å². The minimum Gasteiger partial charge on any atom is -0.383 e. The monoisotopic (exact) mass is 379 g/mol. The molecule has 28 heavy (non-hydrogen) atoms. The van der Waals surface area contributed by atoms with Gasteiger partial charge < -0.3 is 10.6 Å². The summed E-state index contributed by atoms with van der Waals surface area (Å²) in [7, 11) is 0. The van der Waals surface area contributed by atoms with Gasteiger partial charge in [0.25, 0.3) is 5.91 Å². The van der Waals surface area contributed by atoms with E-state index in [4.69, 9.17) is 5.73 Å². The minimum absolute atomic E-state index is 0.118. The van der Waals surface area contributed by atoms with Crippen LogP contribution in [-0.2, 0) is 0 Å². The number of hydrogen-bond donors (Lipinski definition) is 1. The number of Topliss-reactive ketones (excluding diaryl/α,β-unsaturated/α-hetero) is 1. The van der Waals surface area contributed by atoms with Crippen molar-refractivity contribution in [1.29, 1.82) is 0 Å². The molecule has 1 fully saturated rings. The Bertz CT molecular complexity index is 1030. The fraction of sp³-hybridized carbons (Fsp3) is 0.200. The van der Waals surface area contributed by atoms with E-state index in [-0.39, 0.29) is 23.1 Å². The topological polar surface area (TPSA) is 94.1 Å². The molecule has 1 atom stereocenters. The number of aromatic nitrogens is 3. The number of anilines is 1. The molecule has 7 nitrogen and oxygen atoms in total. The first-order chi connectivity index (χ1) is 13.6. The molecule has 2 aromatic heterocycles. The Morgan fingerprint density at radius 1 is 1.18 bits per heavy atom. The summed E-state index contributed by atoms with van der Waals surface area (Å²) in [5.41, 5.74) is 7.06. The Labute approximate surface area is 160 Å². The van der Waals surface area contributed by atoms with Crippen LogP contribution in [0.1, 0.15) is 33.7 Å². The molecule has 142 valence electrons. The molecule has 2 N–H and O–H groups in total. The molecule has 0 bridgehead atoms. The molecule has 1 saturated heterocycles. The second-order valence-corrected chi connectivity index (χ2v) is 6.57. The second-order valence-electron chi connectivity index (χ2n) is 6.57. The van der Waals surface area contributed by atoms with Crippen LogP contribution < -0.4 is 5.73 Å². The van der Waals surface area contributed by atoms with Gasteiger partial charge in [0.1, 0.15) is 17.3 Å². The normalized spacial score (nSPS) is 16.3. The number of ketones is 1. The summed E-state index contributed by atoms with van der Waals surface area (Å²) in [5.74, 6) is -0.870. The van der Waals surface area contributed by atoms with Crippen molar-refractivity contribution in [2.45, 2.75) is 18.9 Å². The molecule has 3 heterocycles. The van der Waals surface area contributed by atoms with E-state index in [0.29, 0.717) is 30.8 Å². The average Bonchev–Trinajstić information content (AvgIpc) is 3.34. The quantitative estimate of drug-likeness (QED) is 0.703. The molecule has 1 aliphatic rings. The number of benzene rings is 1. The van der Waals surface area contributed by atoms with E-state index in [1.807, 2.05) is 0 Å². The highest BCUT2D eigenvalue weighted by Gasteiger charge is 2.36. The van der Waals surface area contributed by atoms with E-state index in [2.05, 4.69) is 10.1 Å². The van der Waals surface area contributed by atoms with Gasteiger partial charge in [0.2, 0.25) is 0 Å². The molecule has 0 saturated carbocycles. The van der Waals surface area contributed by atoms with E-state index in [0.717, 1.165) is 0 Å². The van der Waals surface area contributed by atoms with Gasteiger partial charge in [-0.2, -0.15) is 5.10 Å². The van der Waals surface area contributed by atoms with E-state index < -0.39 is 11.9 Å². The summed E-state index contributed by atoms with van der Waals surface area (Å²) in [4.78, 5) is 31.5. The molecular weight excluding hydrogens is 361 g/mol. The van der Waals surface area contributed by atoms with Gasteiger partial charge in [-0.15, -0.1) is 0 Å². The first-order valence-electron chi connectivity index (χ1n) is 8.92. The van der Waals surface area contributed by atoms with Crippen LogP contribution in [0.25, 0.3) is 5.69 Å².